The molecule has 160 valence electrons. The van der Waals surface area contributed by atoms with Gasteiger partial charge in [-0.05, 0) is 68.4 Å². The van der Waals surface area contributed by atoms with Crippen LogP contribution in [0.3, 0.4) is 0 Å². The summed E-state index contributed by atoms with van der Waals surface area (Å²) in [6.45, 7) is 0. The van der Waals surface area contributed by atoms with E-state index in [1.54, 1.807) is 0 Å². The summed E-state index contributed by atoms with van der Waals surface area (Å²) in [7, 11) is 0. The lowest BCUT2D eigenvalue weighted by atomic mass is 9.93. The molecular weight excluding hydrogens is 426 g/mol. The summed E-state index contributed by atoms with van der Waals surface area (Å²) < 4.78 is 2.39. The molecule has 0 N–H and O–H groups in total. The molecule has 0 radical (unpaired) electrons. The molecule has 0 saturated heterocycles. The largest absolute Gasteiger partial charge is 0.307 e. The van der Waals surface area contributed by atoms with E-state index in [0.717, 1.165) is 16.7 Å². The first-order valence-electron chi connectivity index (χ1n) is 11.9. The van der Waals surface area contributed by atoms with E-state index >= 15 is 0 Å². The molecule has 0 atom stereocenters. The standard InChI is InChI=1S/C32H17N3/c1-4-18-9-10-20-12-14-25-31-29(20)27(18)21(6-1)22-7-2-5-19-11-13-24(30(31)28(19)22)35(25)26-15-17-33-23-8-3-16-34-32(23)26/h1-17H. The zero-order valence-electron chi connectivity index (χ0n) is 18.7. The summed E-state index contributed by atoms with van der Waals surface area (Å²) in [5.41, 5.74) is 7.91. The number of hydrogen-bond acceptors (Lipinski definition) is 2. The maximum Gasteiger partial charge on any atom is 0.113 e. The minimum Gasteiger partial charge on any atom is -0.307 e. The van der Waals surface area contributed by atoms with Gasteiger partial charge < -0.3 is 4.57 Å². The van der Waals surface area contributed by atoms with Crippen LogP contribution >= 0.6 is 0 Å². The summed E-state index contributed by atoms with van der Waals surface area (Å²) in [5, 5.41) is 10.5. The van der Waals surface area contributed by atoms with Crippen molar-refractivity contribution in [2.45, 2.75) is 0 Å². The first kappa shape index (κ1) is 17.7. The van der Waals surface area contributed by atoms with Gasteiger partial charge in [-0.1, -0.05) is 60.7 Å². The second-order valence-electron chi connectivity index (χ2n) is 9.43. The predicted octanol–water partition coefficient (Wildman–Crippen LogP) is 8.17. The quantitative estimate of drug-likeness (QED) is 0.240. The Morgan fingerprint density at radius 1 is 0.457 bits per heavy atom. The molecule has 35 heavy (non-hydrogen) atoms. The van der Waals surface area contributed by atoms with E-state index in [2.05, 4.69) is 88.4 Å². The molecule has 0 spiro atoms. The summed E-state index contributed by atoms with van der Waals surface area (Å²) in [4.78, 5) is 9.34. The zero-order valence-corrected chi connectivity index (χ0v) is 18.7. The first-order valence-corrected chi connectivity index (χ1v) is 11.9. The van der Waals surface area contributed by atoms with E-state index in [-0.39, 0.29) is 0 Å². The van der Waals surface area contributed by atoms with E-state index in [9.17, 15) is 0 Å². The van der Waals surface area contributed by atoms with Crippen LogP contribution in [0.4, 0.5) is 0 Å². The molecular formula is C32H17N3. The third kappa shape index (κ3) is 2.04. The van der Waals surface area contributed by atoms with Crippen LogP contribution in [0.15, 0.2) is 103 Å². The highest BCUT2D eigenvalue weighted by atomic mass is 15.0. The SMILES string of the molecule is c1cc2c3c(c1)ccc1ccc4c(c13)c1c3c-2cccc3ccc1n4-c1ccnc2cccnc12. The van der Waals surface area contributed by atoms with Crippen molar-refractivity contribution in [2.75, 3.05) is 0 Å². The molecule has 0 fully saturated rings. The average molecular weight is 444 g/mol. The normalized spacial score (nSPS) is 12.6. The molecule has 5 aromatic carbocycles. The molecule has 1 aliphatic rings. The minimum absolute atomic E-state index is 0.905. The molecule has 0 bridgehead atoms. The van der Waals surface area contributed by atoms with Crippen LogP contribution < -0.4 is 0 Å². The van der Waals surface area contributed by atoms with Crippen LogP contribution in [0.5, 0.6) is 0 Å². The van der Waals surface area contributed by atoms with Crippen molar-refractivity contribution < 1.29 is 0 Å². The van der Waals surface area contributed by atoms with Crippen molar-refractivity contribution in [2.24, 2.45) is 0 Å². The van der Waals surface area contributed by atoms with E-state index in [1.807, 2.05) is 24.5 Å². The minimum atomic E-state index is 0.905. The van der Waals surface area contributed by atoms with E-state index in [0.29, 0.717) is 0 Å². The molecule has 9 rings (SSSR count). The van der Waals surface area contributed by atoms with Gasteiger partial charge in [0.25, 0.3) is 0 Å². The molecule has 0 saturated carbocycles. The second kappa shape index (κ2) is 6.02. The van der Waals surface area contributed by atoms with Crippen LogP contribution in [0.25, 0.3) is 82.0 Å². The van der Waals surface area contributed by atoms with E-state index in [4.69, 9.17) is 4.98 Å². The van der Waals surface area contributed by atoms with E-state index in [1.165, 1.54) is 65.3 Å². The number of benzene rings is 5. The smallest absolute Gasteiger partial charge is 0.113 e. The van der Waals surface area contributed by atoms with Gasteiger partial charge in [-0.25, -0.2) is 0 Å². The highest BCUT2D eigenvalue weighted by Gasteiger charge is 2.24. The van der Waals surface area contributed by atoms with Crippen molar-refractivity contribution in [1.82, 2.24) is 14.5 Å². The Labute approximate surface area is 199 Å². The Bertz CT molecular complexity index is 2210. The Kier molecular flexibility index (Phi) is 3.04. The molecule has 1 aliphatic carbocycles. The van der Waals surface area contributed by atoms with Gasteiger partial charge in [-0.3, -0.25) is 9.97 Å². The molecule has 3 aromatic heterocycles. The lowest BCUT2D eigenvalue weighted by Gasteiger charge is -2.14. The van der Waals surface area contributed by atoms with Gasteiger partial charge in [-0.15, -0.1) is 0 Å². The van der Waals surface area contributed by atoms with Gasteiger partial charge in [0, 0.05) is 28.6 Å². The fraction of sp³-hybridized carbons (Fsp3) is 0. The topological polar surface area (TPSA) is 30.7 Å². The van der Waals surface area contributed by atoms with Crippen molar-refractivity contribution >= 4 is 65.2 Å². The van der Waals surface area contributed by atoms with Crippen LogP contribution in [-0.2, 0) is 0 Å². The molecule has 3 heterocycles. The maximum atomic E-state index is 4.75. The first-order chi connectivity index (χ1) is 17.4. The van der Waals surface area contributed by atoms with Crippen molar-refractivity contribution in [3.8, 4) is 16.8 Å². The number of aromatic nitrogens is 3. The zero-order chi connectivity index (χ0) is 22.7. The van der Waals surface area contributed by atoms with Crippen LogP contribution in [0.1, 0.15) is 0 Å². The highest BCUT2D eigenvalue weighted by molar-refractivity contribution is 6.38. The summed E-state index contributed by atoms with van der Waals surface area (Å²) in [6.07, 6.45) is 3.75. The van der Waals surface area contributed by atoms with Crippen molar-refractivity contribution in [1.29, 1.82) is 0 Å². The van der Waals surface area contributed by atoms with Crippen molar-refractivity contribution in [3.05, 3.63) is 103 Å². The number of rotatable bonds is 1. The molecule has 0 aliphatic heterocycles. The number of hydrogen-bond donors (Lipinski definition) is 0. The summed E-state index contributed by atoms with van der Waals surface area (Å²) >= 11 is 0. The van der Waals surface area contributed by atoms with Gasteiger partial charge in [0.05, 0.1) is 22.2 Å². The van der Waals surface area contributed by atoms with Gasteiger partial charge in [0.1, 0.15) is 5.52 Å². The fourth-order valence-corrected chi connectivity index (χ4v) is 6.41. The Balaban J connectivity index is 1.66. The fourth-order valence-electron chi connectivity index (χ4n) is 6.41. The second-order valence-corrected chi connectivity index (χ2v) is 9.43. The van der Waals surface area contributed by atoms with Crippen LogP contribution in [0, 0.1) is 0 Å². The predicted molar refractivity (Wildman–Crippen MR) is 145 cm³/mol. The molecule has 3 nitrogen and oxygen atoms in total. The maximum absolute atomic E-state index is 4.75. The molecule has 0 unspecified atom stereocenters. The van der Waals surface area contributed by atoms with E-state index < -0.39 is 0 Å². The number of nitrogens with zero attached hydrogens (tertiary/aromatic N) is 3. The average Bonchev–Trinajstić information content (AvgIpc) is 3.19. The Morgan fingerprint density at radius 2 is 1.09 bits per heavy atom. The third-order valence-corrected chi connectivity index (χ3v) is 7.77. The summed E-state index contributed by atoms with van der Waals surface area (Å²) in [5.74, 6) is 0. The van der Waals surface area contributed by atoms with Gasteiger partial charge in [0.2, 0.25) is 0 Å². The van der Waals surface area contributed by atoms with Crippen LogP contribution in [0.2, 0.25) is 0 Å². The van der Waals surface area contributed by atoms with Gasteiger partial charge >= 0.3 is 0 Å². The van der Waals surface area contributed by atoms with Crippen molar-refractivity contribution in [3.63, 3.8) is 0 Å². The monoisotopic (exact) mass is 443 g/mol. The number of fused-ring (bicyclic) bond motifs is 2. The number of pyridine rings is 2. The lowest BCUT2D eigenvalue weighted by Crippen LogP contribution is -1.98. The van der Waals surface area contributed by atoms with Crippen LogP contribution in [-0.4, -0.2) is 14.5 Å². The lowest BCUT2D eigenvalue weighted by molar-refractivity contribution is 1.17. The Morgan fingerprint density at radius 3 is 1.83 bits per heavy atom. The van der Waals surface area contributed by atoms with Gasteiger partial charge in [-0.2, -0.15) is 0 Å². The highest BCUT2D eigenvalue weighted by Crippen LogP contribution is 2.49. The summed E-state index contributed by atoms with van der Waals surface area (Å²) in [6, 6.07) is 33.1. The molecule has 0 amide bonds. The Hall–Kier alpha value is -4.76. The van der Waals surface area contributed by atoms with Gasteiger partial charge in [0.15, 0.2) is 0 Å². The third-order valence-electron chi connectivity index (χ3n) is 7.77. The molecule has 3 heteroatoms. The molecule has 8 aromatic rings.